The molecule has 0 aliphatic heterocycles. The Morgan fingerprint density at radius 3 is 2.09 bits per heavy atom. The summed E-state index contributed by atoms with van der Waals surface area (Å²) in [7, 11) is -4.08. The molecule has 0 atom stereocenters. The molecular weight excluding hydrogens is 362 g/mol. The number of nitrogens with one attached hydrogen (secondary N) is 1. The molecule has 118 valence electrons. The maximum absolute atomic E-state index is 12.5. The van der Waals surface area contributed by atoms with Gasteiger partial charge in [-0.2, -0.15) is 13.2 Å². The number of benzene rings is 2. The molecule has 0 saturated heterocycles. The van der Waals surface area contributed by atoms with Gasteiger partial charge in [-0.15, -0.1) is 0 Å². The van der Waals surface area contributed by atoms with Crippen molar-refractivity contribution in [3.8, 4) is 0 Å². The van der Waals surface area contributed by atoms with Crippen molar-refractivity contribution < 1.29 is 21.6 Å². The summed E-state index contributed by atoms with van der Waals surface area (Å²) in [6.07, 6.45) is -4.54. The molecule has 9 heteroatoms. The number of halogens is 5. The molecule has 0 fully saturated rings. The Hall–Kier alpha value is -1.44. The van der Waals surface area contributed by atoms with E-state index in [-0.39, 0.29) is 20.6 Å². The molecule has 0 heterocycles. The Labute approximate surface area is 134 Å². The van der Waals surface area contributed by atoms with Gasteiger partial charge in [0.2, 0.25) is 0 Å². The largest absolute Gasteiger partial charge is 0.416 e. The Balaban J connectivity index is 2.33. The average Bonchev–Trinajstić information content (AvgIpc) is 2.43. The topological polar surface area (TPSA) is 46.2 Å². The van der Waals surface area contributed by atoms with Crippen LogP contribution in [0.4, 0.5) is 18.9 Å². The van der Waals surface area contributed by atoms with Crippen LogP contribution in [-0.2, 0) is 16.2 Å². The second-order valence-electron chi connectivity index (χ2n) is 4.23. The molecule has 3 nitrogen and oxygen atoms in total. The van der Waals surface area contributed by atoms with E-state index < -0.39 is 21.8 Å². The summed E-state index contributed by atoms with van der Waals surface area (Å²) in [4.78, 5) is -0.323. The van der Waals surface area contributed by atoms with Gasteiger partial charge in [-0.05, 0) is 36.4 Å². The normalized spacial score (nSPS) is 12.2. The molecule has 2 aromatic rings. The fourth-order valence-corrected chi connectivity index (χ4v) is 3.09. The van der Waals surface area contributed by atoms with Crippen molar-refractivity contribution in [1.29, 1.82) is 0 Å². The smallest absolute Gasteiger partial charge is 0.278 e. The lowest BCUT2D eigenvalue weighted by Gasteiger charge is -2.11. The molecule has 0 bridgehead atoms. The van der Waals surface area contributed by atoms with E-state index >= 15 is 0 Å². The first-order chi connectivity index (χ1) is 10.1. The first kappa shape index (κ1) is 16.9. The molecule has 2 rings (SSSR count). The molecule has 1 N–H and O–H groups in total. The second kappa shape index (κ2) is 5.98. The Bertz CT molecular complexity index is 790. The lowest BCUT2D eigenvalue weighted by molar-refractivity contribution is -0.137. The highest BCUT2D eigenvalue weighted by Gasteiger charge is 2.30. The van der Waals surface area contributed by atoms with Crippen LogP contribution in [-0.4, -0.2) is 8.42 Å². The SMILES string of the molecule is O=S(=O)(Nc1cccc(Cl)c1Cl)c1ccc(C(F)(F)F)cc1. The number of hydrogen-bond donors (Lipinski definition) is 1. The minimum atomic E-state index is -4.54. The third-order valence-electron chi connectivity index (χ3n) is 2.69. The van der Waals surface area contributed by atoms with Crippen molar-refractivity contribution in [3.05, 3.63) is 58.1 Å². The lowest BCUT2D eigenvalue weighted by atomic mass is 10.2. The molecule has 2 aromatic carbocycles. The standard InChI is InChI=1S/C13H8Cl2F3NO2S/c14-10-2-1-3-11(12(10)15)19-22(20,21)9-6-4-8(5-7-9)13(16,17)18/h1-7,19H. The van der Waals surface area contributed by atoms with E-state index in [0.717, 1.165) is 12.1 Å². The van der Waals surface area contributed by atoms with Crippen LogP contribution in [0.25, 0.3) is 0 Å². The van der Waals surface area contributed by atoms with E-state index in [1.54, 1.807) is 0 Å². The van der Waals surface area contributed by atoms with E-state index in [1.807, 2.05) is 0 Å². The predicted octanol–water partition coefficient (Wildman–Crippen LogP) is 4.81. The third kappa shape index (κ3) is 3.66. The van der Waals surface area contributed by atoms with E-state index in [2.05, 4.69) is 4.72 Å². The number of hydrogen-bond acceptors (Lipinski definition) is 2. The summed E-state index contributed by atoms with van der Waals surface area (Å²) in [6, 6.07) is 7.45. The zero-order chi connectivity index (χ0) is 16.5. The molecule has 0 amide bonds. The van der Waals surface area contributed by atoms with Gasteiger partial charge in [-0.25, -0.2) is 8.42 Å². The van der Waals surface area contributed by atoms with Crippen LogP contribution in [0.3, 0.4) is 0 Å². The first-order valence-corrected chi connectivity index (χ1v) is 7.99. The molecule has 0 aliphatic rings. The summed E-state index contributed by atoms with van der Waals surface area (Å²) in [5.74, 6) is 0. The fraction of sp³-hybridized carbons (Fsp3) is 0.0769. The third-order valence-corrected chi connectivity index (χ3v) is 4.89. The Morgan fingerprint density at radius 1 is 0.955 bits per heavy atom. The van der Waals surface area contributed by atoms with Gasteiger partial charge in [0.05, 0.1) is 26.2 Å². The number of anilines is 1. The Morgan fingerprint density at radius 2 is 1.55 bits per heavy atom. The van der Waals surface area contributed by atoms with E-state index in [4.69, 9.17) is 23.2 Å². The molecule has 0 unspecified atom stereocenters. The zero-order valence-corrected chi connectivity index (χ0v) is 13.0. The summed E-state index contributed by atoms with van der Waals surface area (Å²) in [6.45, 7) is 0. The predicted molar refractivity (Wildman–Crippen MR) is 78.7 cm³/mol. The minimum absolute atomic E-state index is 0.000321. The lowest BCUT2D eigenvalue weighted by Crippen LogP contribution is -2.14. The van der Waals surface area contributed by atoms with E-state index in [0.29, 0.717) is 12.1 Å². The highest BCUT2D eigenvalue weighted by molar-refractivity contribution is 7.92. The van der Waals surface area contributed by atoms with Crippen LogP contribution in [0.2, 0.25) is 10.0 Å². The summed E-state index contributed by atoms with van der Waals surface area (Å²) in [5, 5.41) is 0.147. The van der Waals surface area contributed by atoms with Crippen LogP contribution in [0.1, 0.15) is 5.56 Å². The van der Waals surface area contributed by atoms with Gasteiger partial charge < -0.3 is 0 Å². The van der Waals surface area contributed by atoms with Gasteiger partial charge >= 0.3 is 6.18 Å². The van der Waals surface area contributed by atoms with Crippen LogP contribution in [0.5, 0.6) is 0 Å². The molecule has 0 saturated carbocycles. The van der Waals surface area contributed by atoms with Crippen molar-refractivity contribution in [2.75, 3.05) is 4.72 Å². The van der Waals surface area contributed by atoms with Gasteiger partial charge in [0.25, 0.3) is 10.0 Å². The highest BCUT2D eigenvalue weighted by Crippen LogP contribution is 2.32. The maximum Gasteiger partial charge on any atom is 0.416 e. The number of rotatable bonds is 3. The molecule has 22 heavy (non-hydrogen) atoms. The molecular formula is C13H8Cl2F3NO2S. The number of sulfonamides is 1. The summed E-state index contributed by atoms with van der Waals surface area (Å²) >= 11 is 11.6. The first-order valence-electron chi connectivity index (χ1n) is 5.75. The van der Waals surface area contributed by atoms with Crippen molar-refractivity contribution in [2.24, 2.45) is 0 Å². The van der Waals surface area contributed by atoms with Crippen LogP contribution >= 0.6 is 23.2 Å². The molecule has 0 radical (unpaired) electrons. The van der Waals surface area contributed by atoms with Gasteiger partial charge in [-0.1, -0.05) is 29.3 Å². The molecule has 0 spiro atoms. The van der Waals surface area contributed by atoms with Crippen LogP contribution in [0.15, 0.2) is 47.4 Å². The quantitative estimate of drug-likeness (QED) is 0.843. The zero-order valence-electron chi connectivity index (χ0n) is 10.7. The van der Waals surface area contributed by atoms with Gasteiger partial charge in [-0.3, -0.25) is 4.72 Å². The van der Waals surface area contributed by atoms with Gasteiger partial charge in [0, 0.05) is 0 Å². The van der Waals surface area contributed by atoms with E-state index in [1.165, 1.54) is 18.2 Å². The minimum Gasteiger partial charge on any atom is -0.278 e. The van der Waals surface area contributed by atoms with Crippen LogP contribution in [0, 0.1) is 0 Å². The maximum atomic E-state index is 12.5. The second-order valence-corrected chi connectivity index (χ2v) is 6.70. The summed E-state index contributed by atoms with van der Waals surface area (Å²) in [5.41, 5.74) is -0.902. The van der Waals surface area contributed by atoms with E-state index in [9.17, 15) is 21.6 Å². The van der Waals surface area contributed by atoms with Gasteiger partial charge in [0.15, 0.2) is 0 Å². The van der Waals surface area contributed by atoms with Gasteiger partial charge in [0.1, 0.15) is 0 Å². The fourth-order valence-electron chi connectivity index (χ4n) is 1.61. The van der Waals surface area contributed by atoms with Crippen LogP contribution < -0.4 is 4.72 Å². The van der Waals surface area contributed by atoms with Crippen molar-refractivity contribution in [2.45, 2.75) is 11.1 Å². The molecule has 0 aromatic heterocycles. The summed E-state index contributed by atoms with van der Waals surface area (Å²) < 4.78 is 63.8. The highest BCUT2D eigenvalue weighted by atomic mass is 35.5. The monoisotopic (exact) mass is 369 g/mol. The van der Waals surface area contributed by atoms with Crippen molar-refractivity contribution >= 4 is 38.9 Å². The van der Waals surface area contributed by atoms with Crippen molar-refractivity contribution in [3.63, 3.8) is 0 Å². The molecule has 0 aliphatic carbocycles. The Kier molecular flexibility index (Phi) is 4.60. The average molecular weight is 370 g/mol. The van der Waals surface area contributed by atoms with Crippen molar-refractivity contribution in [1.82, 2.24) is 0 Å². The number of alkyl halides is 3.